The van der Waals surface area contributed by atoms with Crippen molar-refractivity contribution in [3.63, 3.8) is 0 Å². The predicted octanol–water partition coefficient (Wildman–Crippen LogP) is -21.4. The number of hydrogen-bond acceptors (Lipinski definition) is 47. The summed E-state index contributed by atoms with van der Waals surface area (Å²) in [5, 5.41) is 218. The minimum Gasteiger partial charge on any atom is -0.547 e. The van der Waals surface area contributed by atoms with Crippen molar-refractivity contribution in [2.75, 3.05) is 58.5 Å². The molecule has 10 aliphatic rings. The number of aliphatic carboxylic acids is 1. The van der Waals surface area contributed by atoms with E-state index in [4.69, 9.17) is 71.1 Å². The summed E-state index contributed by atoms with van der Waals surface area (Å²) in [4.78, 5) is 161. The number of ether oxygens (including phenoxy) is 15. The third-order valence-electron chi connectivity index (χ3n) is 22.9. The van der Waals surface area contributed by atoms with Crippen LogP contribution < -0.4 is 71.9 Å². The molecule has 0 aromatic rings. The predicted molar refractivity (Wildman–Crippen MR) is 408 cm³/mol. The van der Waals surface area contributed by atoms with Gasteiger partial charge in [-0.3, -0.25) is 62.5 Å². The second-order valence-corrected chi connectivity index (χ2v) is 34.0. The Morgan fingerprint density at radius 3 is 1.05 bits per heavy atom. The van der Waals surface area contributed by atoms with Crippen molar-refractivity contribution < 1.29 is 250 Å². The van der Waals surface area contributed by atoms with Crippen molar-refractivity contribution in [3.8, 4) is 0 Å². The Hall–Kier alpha value is -5.54. The van der Waals surface area contributed by atoms with Gasteiger partial charge in [0.05, 0.1) is 78.9 Å². The molecule has 0 spiro atoms. The Morgan fingerprint density at radius 1 is 0.380 bits per heavy atom. The molecule has 0 aromatic carbocycles. The quantitative estimate of drug-likeness (QED) is 0.0162. The molecular formula is C72H110N9NaO45S2. The molecule has 0 radical (unpaired) electrons. The van der Waals surface area contributed by atoms with E-state index < -0.39 is 378 Å². The molecule has 726 valence electrons. The fourth-order valence-corrected chi connectivity index (χ4v) is 18.2. The fourth-order valence-electron chi connectivity index (χ4n) is 16.3. The van der Waals surface area contributed by atoms with Gasteiger partial charge in [0.15, 0.2) is 56.1 Å². The van der Waals surface area contributed by atoms with Crippen LogP contribution in [0.5, 0.6) is 0 Å². The van der Waals surface area contributed by atoms with Gasteiger partial charge in [0.2, 0.25) is 47.3 Å². The Kier molecular flexibility index (Phi) is 38.9. The number of carbonyl (C=O) groups excluding carboxylic acids is 12. The maximum atomic E-state index is 14.5. The first kappa shape index (κ1) is 107. The molecule has 42 atom stereocenters. The van der Waals surface area contributed by atoms with E-state index in [0.29, 0.717) is 16.7 Å². The van der Waals surface area contributed by atoms with E-state index in [1.165, 1.54) is 13.8 Å². The summed E-state index contributed by atoms with van der Waals surface area (Å²) < 4.78 is 87.2. The first-order valence-corrected chi connectivity index (χ1v) is 42.6. The maximum Gasteiger partial charge on any atom is 1.00 e. The summed E-state index contributed by atoms with van der Waals surface area (Å²) in [7, 11) is 0.958. The van der Waals surface area contributed by atoms with Crippen molar-refractivity contribution in [1.29, 1.82) is 0 Å². The van der Waals surface area contributed by atoms with Gasteiger partial charge in [-0.1, -0.05) is 0 Å². The van der Waals surface area contributed by atoms with Crippen molar-refractivity contribution in [2.24, 2.45) is 0 Å². The van der Waals surface area contributed by atoms with E-state index in [0.717, 1.165) is 51.5 Å². The molecule has 40 unspecified atom stereocenters. The van der Waals surface area contributed by atoms with Crippen molar-refractivity contribution in [1.82, 2.24) is 47.0 Å². The number of carboxylic acid groups (broad SMARTS) is 1. The molecule has 11 amide bonds. The number of aliphatic hydroxyl groups excluding tert-OH is 17. The molecule has 10 aliphatic heterocycles. The first-order chi connectivity index (χ1) is 60.4. The number of carbonyl (C=O) groups is 12. The number of rotatable bonds is 34. The number of nitrogens with one attached hydrogen (secondary N) is 7. The van der Waals surface area contributed by atoms with Crippen LogP contribution in [0.3, 0.4) is 0 Å². The Labute approximate surface area is 763 Å². The number of hydrogen-bond donors (Lipinski definition) is 24. The van der Waals surface area contributed by atoms with Crippen LogP contribution in [0, 0.1) is 0 Å². The van der Waals surface area contributed by atoms with Crippen molar-refractivity contribution in [2.45, 2.75) is 317 Å². The van der Waals surface area contributed by atoms with Crippen LogP contribution in [0.15, 0.2) is 0 Å². The zero-order valence-electron chi connectivity index (χ0n) is 70.6. The van der Waals surface area contributed by atoms with Gasteiger partial charge in [-0.2, -0.15) is 0 Å². The molecule has 0 bridgehead atoms. The van der Waals surface area contributed by atoms with Crippen molar-refractivity contribution in [3.05, 3.63) is 0 Å². The largest absolute Gasteiger partial charge is 1.00 e. The molecular weight excluding hydrogens is 1800 g/mol. The topological polar surface area (TPSA) is 801 Å². The van der Waals surface area contributed by atoms with Crippen LogP contribution in [0.1, 0.15) is 61.3 Å². The Balaban J connectivity index is 0.0000188. The summed E-state index contributed by atoms with van der Waals surface area (Å²) in [6.07, 6.45) is -74.6. The molecule has 10 fully saturated rings. The monoisotopic (exact) mass is 1910 g/mol. The maximum absolute atomic E-state index is 14.5. The minimum absolute atomic E-state index is 0. The number of imide groups is 2. The molecule has 10 heterocycles. The minimum atomic E-state index is -2.49. The summed E-state index contributed by atoms with van der Waals surface area (Å²) in [5.41, 5.74) is 0. The number of aliphatic hydroxyl groups is 17. The van der Waals surface area contributed by atoms with Crippen LogP contribution in [0.2, 0.25) is 0 Å². The zero-order chi connectivity index (χ0) is 94.4. The van der Waals surface area contributed by atoms with Crippen molar-refractivity contribution >= 4 is 94.5 Å². The standard InChI is InChI=1S/C72H111N9O45S2.Na/c1-9-80-31(90)10-29(64(80)108)127-18-75-63(107)59-55(44(99)48(103)71(125-59)117-50-33(76-21(4)86)19(2)113-25(12-82)37(50)92)121-67-35(78-23(6)88)52(39(94)27(14-84)115-67)119-69-46(101)41(96)42(97)57(123-69)61(105)74-17-128-30-11-32(91)81(65(30)109)16-73-62(106)58-54(112-8)43(98)47(102)70(124-58)120-53-36(79-24(7)89)68(116-28(15-85)40(53)95)122-56-45(100)49(104)72(126-60(56)66(110)111)118-51-34(77-22(5)87)20(3)114-26(13-83)38(51)93;/h19-20,25-30,33-60,67-72,82-85,92-104H,9-18H2,1-8H3,(H,73,106)(H,74,105)(H,75,107)(H,76,86)(H,77,87)(H,78,88)(H,79,89)(H,110,111);/q;+1/p-1/t19-,20+,25?,26?,27?,28?,29?,30?,33?,34?,35?,36?,37?,38?,39?,40?,41?,42?,43?,44?,45?,46?,47?,48?,49?,50?,51?,52?,53?,54?,55?,56?,57?,58?,59?,60?,67?,68?,69?,70?,71?,72?;/m1./s1. The molecule has 24 N–H and O–H groups in total. The Bertz CT molecular complexity index is 3890. The summed E-state index contributed by atoms with van der Waals surface area (Å²) in [5.74, 6) is -13.4. The average Bonchev–Trinajstić information content (AvgIpc) is 1.75. The molecule has 57 heteroatoms. The van der Waals surface area contributed by atoms with E-state index in [9.17, 15) is 149 Å². The number of thioether (sulfide) groups is 2. The van der Waals surface area contributed by atoms with E-state index in [2.05, 4.69) is 37.2 Å². The zero-order valence-corrected chi connectivity index (χ0v) is 74.2. The summed E-state index contributed by atoms with van der Waals surface area (Å²) in [6.45, 7) is 3.68. The Morgan fingerprint density at radius 2 is 0.682 bits per heavy atom. The third-order valence-corrected chi connectivity index (χ3v) is 25.1. The van der Waals surface area contributed by atoms with E-state index in [1.807, 2.05) is 0 Å². The number of amides is 11. The van der Waals surface area contributed by atoms with Crippen LogP contribution in [-0.4, -0.2) is 482 Å². The molecule has 0 saturated carbocycles. The van der Waals surface area contributed by atoms with Gasteiger partial charge in [0.25, 0.3) is 17.7 Å². The van der Waals surface area contributed by atoms with Gasteiger partial charge in [0, 0.05) is 54.2 Å². The van der Waals surface area contributed by atoms with Gasteiger partial charge in [0.1, 0.15) is 171 Å². The van der Waals surface area contributed by atoms with E-state index >= 15 is 0 Å². The summed E-state index contributed by atoms with van der Waals surface area (Å²) in [6, 6.07) is -6.46. The van der Waals surface area contributed by atoms with Gasteiger partial charge in [-0.25, -0.2) is 0 Å². The van der Waals surface area contributed by atoms with E-state index in [1.54, 1.807) is 6.92 Å². The third kappa shape index (κ3) is 24.1. The molecule has 129 heavy (non-hydrogen) atoms. The van der Waals surface area contributed by atoms with Crippen LogP contribution in [-0.2, 0) is 129 Å². The number of nitrogens with zero attached hydrogens (tertiary/aromatic N) is 2. The second kappa shape index (κ2) is 46.8. The van der Waals surface area contributed by atoms with Crippen LogP contribution in [0.4, 0.5) is 0 Å². The second-order valence-electron chi connectivity index (χ2n) is 31.6. The number of carboxylic acids is 1. The fraction of sp³-hybridized carbons (Fsp3) is 0.833. The number of likely N-dealkylation sites (tertiary alicyclic amines) is 2. The SMILES string of the molecule is CCN1C(=O)CC(SCNC(=O)C2OC(OC3C(O)C(CO)O[C@H](C)C3NC(C)=O)C(O)C(O)C2OC2OC(CO)C(O)C(OC3OC(C(=O)NCSC4CC(=O)N(CNC(=O)C5OC(OC6C(O)C(CO)OC(OC7C(C(=O)[O-])OC(OC8C(O)C(CO)O[C@@H](C)C8NC(C)=O)C(O)C7O)C6NC(C)=O)C(O)C(O)C5OC)C4=O)C(O)C(O)C3O)C2NC(C)=O)C1=O.[Na+]. The molecule has 0 aliphatic carbocycles. The van der Waals surface area contributed by atoms with Gasteiger partial charge in [-0.05, 0) is 20.8 Å². The number of methoxy groups -OCH3 is 1. The average molecular weight is 1910 g/mol. The molecule has 0 aromatic heterocycles. The molecule has 54 nitrogen and oxygen atoms in total. The molecule has 10 saturated heterocycles. The van der Waals surface area contributed by atoms with E-state index in [-0.39, 0.29) is 42.5 Å². The van der Waals surface area contributed by atoms with Crippen LogP contribution >= 0.6 is 23.5 Å². The molecule has 10 rings (SSSR count). The first-order valence-electron chi connectivity index (χ1n) is 40.5. The van der Waals surface area contributed by atoms with Gasteiger partial charge >= 0.3 is 29.6 Å². The van der Waals surface area contributed by atoms with Gasteiger partial charge < -0.3 is 205 Å². The van der Waals surface area contributed by atoms with Gasteiger partial charge in [-0.15, -0.1) is 23.5 Å². The smallest absolute Gasteiger partial charge is 0.547 e. The normalized spacial score (nSPS) is 42.6. The van der Waals surface area contributed by atoms with Crippen LogP contribution in [0.25, 0.3) is 0 Å². The summed E-state index contributed by atoms with van der Waals surface area (Å²) >= 11 is 1.39.